The van der Waals surface area contributed by atoms with Crippen molar-refractivity contribution in [2.75, 3.05) is 39.4 Å². The molecule has 0 spiro atoms. The Balaban J connectivity index is 1.75. The molecule has 2 aliphatic rings. The molecular formula is C18H22N4O4S. The lowest BCUT2D eigenvalue weighted by Crippen LogP contribution is -2.45. The SMILES string of the molecule is CCOC(=O)C1=C(CN2CCO[C@H](/C=C/C=O)C2)NC(c2nccs2)=NC1. The normalized spacial score (nSPS) is 21.1. The van der Waals surface area contributed by atoms with E-state index in [2.05, 4.69) is 20.2 Å². The maximum absolute atomic E-state index is 12.4. The van der Waals surface area contributed by atoms with E-state index >= 15 is 0 Å². The molecule has 3 heterocycles. The Bertz CT molecular complexity index is 757. The van der Waals surface area contributed by atoms with Crippen LogP contribution in [0.25, 0.3) is 0 Å². The van der Waals surface area contributed by atoms with Gasteiger partial charge < -0.3 is 14.8 Å². The largest absolute Gasteiger partial charge is 0.463 e. The number of morpholine rings is 1. The number of carbonyl (C=O) groups excluding carboxylic acids is 2. The number of thiazole rings is 1. The predicted octanol–water partition coefficient (Wildman–Crippen LogP) is 0.766. The average molecular weight is 390 g/mol. The van der Waals surface area contributed by atoms with Crippen molar-refractivity contribution in [3.8, 4) is 0 Å². The number of rotatable bonds is 7. The highest BCUT2D eigenvalue weighted by molar-refractivity contribution is 7.11. The van der Waals surface area contributed by atoms with Gasteiger partial charge in [-0.1, -0.05) is 6.08 Å². The molecular weight excluding hydrogens is 368 g/mol. The molecule has 1 fully saturated rings. The van der Waals surface area contributed by atoms with Gasteiger partial charge in [-0.2, -0.15) is 0 Å². The first-order chi connectivity index (χ1) is 13.2. The lowest BCUT2D eigenvalue weighted by molar-refractivity contribution is -0.138. The molecule has 9 heteroatoms. The highest BCUT2D eigenvalue weighted by atomic mass is 32.1. The van der Waals surface area contributed by atoms with Gasteiger partial charge in [-0.25, -0.2) is 9.78 Å². The quantitative estimate of drug-likeness (QED) is 0.417. The molecule has 27 heavy (non-hydrogen) atoms. The van der Waals surface area contributed by atoms with Gasteiger partial charge in [0.15, 0.2) is 10.8 Å². The van der Waals surface area contributed by atoms with Crippen LogP contribution in [0.3, 0.4) is 0 Å². The maximum Gasteiger partial charge on any atom is 0.337 e. The van der Waals surface area contributed by atoms with Crippen LogP contribution in [0.4, 0.5) is 0 Å². The molecule has 0 radical (unpaired) electrons. The Labute approximate surface area is 161 Å². The van der Waals surface area contributed by atoms with Crippen molar-refractivity contribution >= 4 is 29.4 Å². The predicted molar refractivity (Wildman–Crippen MR) is 102 cm³/mol. The molecule has 1 N–H and O–H groups in total. The van der Waals surface area contributed by atoms with Crippen LogP contribution in [0, 0.1) is 0 Å². The molecule has 144 valence electrons. The number of amidine groups is 1. The second-order valence-corrected chi connectivity index (χ2v) is 6.86. The highest BCUT2D eigenvalue weighted by Crippen LogP contribution is 2.17. The van der Waals surface area contributed by atoms with E-state index in [1.54, 1.807) is 19.2 Å². The van der Waals surface area contributed by atoms with Crippen LogP contribution in [0.2, 0.25) is 0 Å². The topological polar surface area (TPSA) is 93.1 Å². The summed E-state index contributed by atoms with van der Waals surface area (Å²) in [6.45, 7) is 4.82. The number of esters is 1. The molecule has 1 saturated heterocycles. The van der Waals surface area contributed by atoms with Gasteiger partial charge in [-0.3, -0.25) is 14.7 Å². The Morgan fingerprint density at radius 2 is 2.44 bits per heavy atom. The molecule has 0 saturated carbocycles. The van der Waals surface area contributed by atoms with E-state index in [0.29, 0.717) is 37.7 Å². The van der Waals surface area contributed by atoms with Crippen LogP contribution in [-0.4, -0.2) is 73.5 Å². The zero-order valence-electron chi connectivity index (χ0n) is 15.1. The molecule has 0 amide bonds. The number of nitrogens with zero attached hydrogens (tertiary/aromatic N) is 3. The molecule has 1 aromatic rings. The van der Waals surface area contributed by atoms with Crippen molar-refractivity contribution in [2.45, 2.75) is 13.0 Å². The number of hydrogen-bond donors (Lipinski definition) is 1. The van der Waals surface area contributed by atoms with Gasteiger partial charge in [0.1, 0.15) is 6.29 Å². The Kier molecular flexibility index (Phi) is 6.86. The number of ether oxygens (including phenoxy) is 2. The summed E-state index contributed by atoms with van der Waals surface area (Å²) in [5.74, 6) is 0.311. The summed E-state index contributed by atoms with van der Waals surface area (Å²) in [5, 5.41) is 5.94. The van der Waals surface area contributed by atoms with Crippen molar-refractivity contribution in [3.63, 3.8) is 0 Å². The van der Waals surface area contributed by atoms with Crippen molar-refractivity contribution in [1.29, 1.82) is 0 Å². The van der Waals surface area contributed by atoms with Gasteiger partial charge in [-0.15, -0.1) is 11.3 Å². The van der Waals surface area contributed by atoms with E-state index in [-0.39, 0.29) is 18.6 Å². The van der Waals surface area contributed by atoms with Gasteiger partial charge >= 0.3 is 5.97 Å². The Hall–Kier alpha value is -2.36. The number of nitrogens with one attached hydrogen (secondary N) is 1. The number of carbonyl (C=O) groups is 2. The number of allylic oxidation sites excluding steroid dienone is 1. The first-order valence-electron chi connectivity index (χ1n) is 8.77. The highest BCUT2D eigenvalue weighted by Gasteiger charge is 2.26. The van der Waals surface area contributed by atoms with Crippen molar-refractivity contribution in [2.24, 2.45) is 4.99 Å². The minimum Gasteiger partial charge on any atom is -0.463 e. The van der Waals surface area contributed by atoms with Gasteiger partial charge in [0.25, 0.3) is 0 Å². The monoisotopic (exact) mass is 390 g/mol. The first kappa shape index (κ1) is 19.4. The summed E-state index contributed by atoms with van der Waals surface area (Å²) < 4.78 is 10.8. The van der Waals surface area contributed by atoms with E-state index in [1.807, 2.05) is 5.38 Å². The number of hydrogen-bond acceptors (Lipinski definition) is 9. The van der Waals surface area contributed by atoms with Crippen LogP contribution < -0.4 is 5.32 Å². The third-order valence-corrected chi connectivity index (χ3v) is 4.93. The van der Waals surface area contributed by atoms with E-state index in [1.165, 1.54) is 17.4 Å². The van der Waals surface area contributed by atoms with Crippen LogP contribution in [0.1, 0.15) is 11.9 Å². The number of aliphatic imine (C=N–C) groups is 1. The minimum atomic E-state index is -0.354. The second kappa shape index (κ2) is 9.54. The summed E-state index contributed by atoms with van der Waals surface area (Å²) in [7, 11) is 0. The second-order valence-electron chi connectivity index (χ2n) is 5.97. The molecule has 8 nitrogen and oxygen atoms in total. The summed E-state index contributed by atoms with van der Waals surface area (Å²) in [6.07, 6.45) is 5.51. The van der Waals surface area contributed by atoms with Crippen LogP contribution in [-0.2, 0) is 19.1 Å². The average Bonchev–Trinajstić information content (AvgIpc) is 3.21. The fraction of sp³-hybridized carbons (Fsp3) is 0.444. The van der Waals surface area contributed by atoms with Gasteiger partial charge in [0, 0.05) is 36.9 Å². The van der Waals surface area contributed by atoms with Crippen molar-refractivity contribution < 1.29 is 19.1 Å². The molecule has 0 aliphatic carbocycles. The zero-order chi connectivity index (χ0) is 19.1. The minimum absolute atomic E-state index is 0.147. The Morgan fingerprint density at radius 3 is 3.19 bits per heavy atom. The summed E-state index contributed by atoms with van der Waals surface area (Å²) in [6, 6.07) is 0. The third-order valence-electron chi connectivity index (χ3n) is 4.15. The summed E-state index contributed by atoms with van der Waals surface area (Å²) in [5.41, 5.74) is 1.30. The molecule has 2 aliphatic heterocycles. The molecule has 0 aromatic carbocycles. The van der Waals surface area contributed by atoms with E-state index < -0.39 is 0 Å². The van der Waals surface area contributed by atoms with Gasteiger partial charge in [0.2, 0.25) is 0 Å². The fourth-order valence-electron chi connectivity index (χ4n) is 2.90. The van der Waals surface area contributed by atoms with E-state index in [0.717, 1.165) is 23.5 Å². The lowest BCUT2D eigenvalue weighted by Gasteiger charge is -2.33. The third kappa shape index (κ3) is 5.09. The summed E-state index contributed by atoms with van der Waals surface area (Å²) in [4.78, 5) is 33.8. The van der Waals surface area contributed by atoms with Gasteiger partial charge in [0.05, 0.1) is 31.4 Å². The maximum atomic E-state index is 12.4. The number of aldehydes is 1. The lowest BCUT2D eigenvalue weighted by atomic mass is 10.1. The van der Waals surface area contributed by atoms with Crippen LogP contribution >= 0.6 is 11.3 Å². The zero-order valence-corrected chi connectivity index (χ0v) is 15.9. The smallest absolute Gasteiger partial charge is 0.337 e. The molecule has 1 atom stereocenters. The molecule has 0 unspecified atom stereocenters. The van der Waals surface area contributed by atoms with Gasteiger partial charge in [-0.05, 0) is 13.0 Å². The standard InChI is InChI=1S/C18H22N4O4S/c1-2-25-18(24)14-10-20-16(17-19-5-9-27-17)21-15(14)12-22-6-8-26-13(11-22)4-3-7-23/h3-5,7,9,13H,2,6,8,10-12H2,1H3,(H,20,21)/b4-3+/t13-/m1/s1. The van der Waals surface area contributed by atoms with E-state index in [4.69, 9.17) is 9.47 Å². The van der Waals surface area contributed by atoms with Crippen molar-refractivity contribution in [1.82, 2.24) is 15.2 Å². The van der Waals surface area contributed by atoms with Crippen LogP contribution in [0.15, 0.2) is 40.0 Å². The molecule has 0 bridgehead atoms. The van der Waals surface area contributed by atoms with Crippen LogP contribution in [0.5, 0.6) is 0 Å². The Morgan fingerprint density at radius 1 is 1.56 bits per heavy atom. The van der Waals surface area contributed by atoms with E-state index in [9.17, 15) is 9.59 Å². The number of aromatic nitrogens is 1. The summed E-state index contributed by atoms with van der Waals surface area (Å²) >= 11 is 1.49. The van der Waals surface area contributed by atoms with Crippen molar-refractivity contribution in [3.05, 3.63) is 40.0 Å². The fourth-order valence-corrected chi connectivity index (χ4v) is 3.50. The first-order valence-corrected chi connectivity index (χ1v) is 9.65. The molecule has 3 rings (SSSR count). The molecule has 1 aromatic heterocycles.